The Kier molecular flexibility index (Phi) is 3.35. The van der Waals surface area contributed by atoms with E-state index >= 15 is 0 Å². The van der Waals surface area contributed by atoms with Crippen LogP contribution in [0.5, 0.6) is 0 Å². The highest BCUT2D eigenvalue weighted by atomic mass is 16.3. The third-order valence-corrected chi connectivity index (χ3v) is 2.55. The van der Waals surface area contributed by atoms with E-state index in [2.05, 4.69) is 9.97 Å². The second kappa shape index (κ2) is 4.93. The molecule has 17 heavy (non-hydrogen) atoms. The Morgan fingerprint density at radius 3 is 2.76 bits per heavy atom. The van der Waals surface area contributed by atoms with Crippen molar-refractivity contribution in [3.8, 4) is 0 Å². The van der Waals surface area contributed by atoms with Gasteiger partial charge < -0.3 is 10.8 Å². The van der Waals surface area contributed by atoms with Gasteiger partial charge >= 0.3 is 0 Å². The molecule has 4 nitrogen and oxygen atoms in total. The maximum Gasteiger partial charge on any atom is 0.123 e. The minimum Gasteiger partial charge on any atom is -0.386 e. The van der Waals surface area contributed by atoms with Crippen molar-refractivity contribution in [1.29, 1.82) is 0 Å². The molecule has 0 spiro atoms. The summed E-state index contributed by atoms with van der Waals surface area (Å²) in [6.07, 6.45) is 3.26. The van der Waals surface area contributed by atoms with Crippen LogP contribution in [0.25, 0.3) is 0 Å². The van der Waals surface area contributed by atoms with E-state index in [1.807, 2.05) is 25.1 Å². The molecule has 1 atom stereocenters. The van der Waals surface area contributed by atoms with Crippen LogP contribution < -0.4 is 5.73 Å². The lowest BCUT2D eigenvalue weighted by atomic mass is 10.1. The number of rotatable bonds is 3. The Morgan fingerprint density at radius 1 is 1.29 bits per heavy atom. The first kappa shape index (κ1) is 11.5. The van der Waals surface area contributed by atoms with Crippen LogP contribution in [0.1, 0.15) is 22.9 Å². The highest BCUT2D eigenvalue weighted by molar-refractivity contribution is 5.32. The van der Waals surface area contributed by atoms with E-state index in [1.165, 1.54) is 0 Å². The van der Waals surface area contributed by atoms with Crippen LogP contribution in [0.4, 0.5) is 5.82 Å². The smallest absolute Gasteiger partial charge is 0.123 e. The highest BCUT2D eigenvalue weighted by Crippen LogP contribution is 2.17. The fourth-order valence-corrected chi connectivity index (χ4v) is 1.63. The van der Waals surface area contributed by atoms with E-state index in [4.69, 9.17) is 5.73 Å². The zero-order valence-electron chi connectivity index (χ0n) is 9.67. The van der Waals surface area contributed by atoms with Crippen LogP contribution in [0.15, 0.2) is 36.7 Å². The Balaban J connectivity index is 2.11. The van der Waals surface area contributed by atoms with E-state index in [9.17, 15) is 5.11 Å². The van der Waals surface area contributed by atoms with Crippen molar-refractivity contribution in [2.45, 2.75) is 19.4 Å². The molecule has 0 aliphatic heterocycles. The minimum absolute atomic E-state index is 0.464. The zero-order valence-corrected chi connectivity index (χ0v) is 9.67. The van der Waals surface area contributed by atoms with Crippen LogP contribution in [0, 0.1) is 6.92 Å². The Morgan fingerprint density at radius 2 is 2.12 bits per heavy atom. The monoisotopic (exact) mass is 229 g/mol. The van der Waals surface area contributed by atoms with Crippen LogP contribution in [-0.4, -0.2) is 15.1 Å². The van der Waals surface area contributed by atoms with Crippen LogP contribution in [0.2, 0.25) is 0 Å². The predicted octanol–water partition coefficient (Wildman–Crippen LogP) is 1.64. The molecule has 2 aromatic heterocycles. The number of nitrogens with zero attached hydrogens (tertiary/aromatic N) is 2. The zero-order chi connectivity index (χ0) is 12.3. The summed E-state index contributed by atoms with van der Waals surface area (Å²) in [5.74, 6) is 0.464. The van der Waals surface area contributed by atoms with E-state index < -0.39 is 6.10 Å². The second-order valence-corrected chi connectivity index (χ2v) is 4.07. The van der Waals surface area contributed by atoms with Crippen molar-refractivity contribution in [2.75, 3.05) is 5.73 Å². The summed E-state index contributed by atoms with van der Waals surface area (Å²) in [6.45, 7) is 1.97. The van der Waals surface area contributed by atoms with Gasteiger partial charge in [-0.05, 0) is 36.2 Å². The third-order valence-electron chi connectivity index (χ3n) is 2.55. The molecule has 0 aliphatic rings. The summed E-state index contributed by atoms with van der Waals surface area (Å²) in [6, 6.07) is 7.38. The summed E-state index contributed by atoms with van der Waals surface area (Å²) >= 11 is 0. The van der Waals surface area contributed by atoms with Gasteiger partial charge in [-0.3, -0.25) is 4.98 Å². The average molecular weight is 229 g/mol. The first-order chi connectivity index (χ1) is 8.15. The largest absolute Gasteiger partial charge is 0.386 e. The van der Waals surface area contributed by atoms with E-state index in [0.29, 0.717) is 17.9 Å². The van der Waals surface area contributed by atoms with E-state index in [-0.39, 0.29) is 0 Å². The van der Waals surface area contributed by atoms with Gasteiger partial charge in [0.1, 0.15) is 5.82 Å². The van der Waals surface area contributed by atoms with E-state index in [1.54, 1.807) is 18.5 Å². The molecule has 2 rings (SSSR count). The molecule has 4 heteroatoms. The number of anilines is 1. The second-order valence-electron chi connectivity index (χ2n) is 4.07. The maximum atomic E-state index is 10.0. The van der Waals surface area contributed by atoms with Crippen molar-refractivity contribution >= 4 is 5.82 Å². The number of aryl methyl sites for hydroxylation is 1. The number of aromatic nitrogens is 2. The number of nitrogen functional groups attached to an aromatic ring is 1. The fourth-order valence-electron chi connectivity index (χ4n) is 1.63. The number of aliphatic hydroxyl groups excluding tert-OH is 1. The van der Waals surface area contributed by atoms with Gasteiger partial charge in [0, 0.05) is 18.8 Å². The first-order valence-corrected chi connectivity index (χ1v) is 5.46. The van der Waals surface area contributed by atoms with Gasteiger partial charge in [0.05, 0.1) is 11.8 Å². The van der Waals surface area contributed by atoms with Crippen molar-refractivity contribution in [3.63, 3.8) is 0 Å². The quantitative estimate of drug-likeness (QED) is 0.839. The molecule has 0 saturated heterocycles. The first-order valence-electron chi connectivity index (χ1n) is 5.46. The van der Waals surface area contributed by atoms with Crippen LogP contribution >= 0.6 is 0 Å². The van der Waals surface area contributed by atoms with Gasteiger partial charge in [-0.1, -0.05) is 6.07 Å². The molecule has 0 amide bonds. The number of pyridine rings is 2. The molecule has 0 fully saturated rings. The molecular weight excluding hydrogens is 214 g/mol. The van der Waals surface area contributed by atoms with Crippen LogP contribution in [-0.2, 0) is 6.42 Å². The van der Waals surface area contributed by atoms with Gasteiger partial charge in [-0.25, -0.2) is 4.98 Å². The normalized spacial score (nSPS) is 12.4. The molecule has 2 aromatic rings. The molecule has 0 aromatic carbocycles. The standard InChI is InChI=1S/C13H15N3O/c1-9-2-3-11(16-8-9)12(17)6-10-4-5-15-13(14)7-10/h2-5,7-8,12,17H,6H2,1H3,(H2,14,15). The Labute approximate surface area is 100 Å². The maximum absolute atomic E-state index is 10.0. The molecule has 1 unspecified atom stereocenters. The summed E-state index contributed by atoms with van der Waals surface area (Å²) in [5, 5.41) is 10.0. The highest BCUT2D eigenvalue weighted by Gasteiger charge is 2.09. The van der Waals surface area contributed by atoms with Crippen LogP contribution in [0.3, 0.4) is 0 Å². The van der Waals surface area contributed by atoms with Gasteiger partial charge in [0.2, 0.25) is 0 Å². The van der Waals surface area contributed by atoms with Crippen molar-refractivity contribution < 1.29 is 5.11 Å². The lowest BCUT2D eigenvalue weighted by molar-refractivity contribution is 0.173. The van der Waals surface area contributed by atoms with Gasteiger partial charge in [-0.2, -0.15) is 0 Å². The number of hydrogen-bond donors (Lipinski definition) is 2. The van der Waals surface area contributed by atoms with Gasteiger partial charge in [0.15, 0.2) is 0 Å². The average Bonchev–Trinajstić information content (AvgIpc) is 2.29. The molecule has 88 valence electrons. The number of hydrogen-bond acceptors (Lipinski definition) is 4. The summed E-state index contributed by atoms with van der Waals surface area (Å²) in [5.41, 5.74) is 8.29. The third kappa shape index (κ3) is 3.01. The van der Waals surface area contributed by atoms with Crippen molar-refractivity contribution in [3.05, 3.63) is 53.5 Å². The lowest BCUT2D eigenvalue weighted by Gasteiger charge is -2.10. The van der Waals surface area contributed by atoms with Crippen molar-refractivity contribution in [2.24, 2.45) is 0 Å². The van der Waals surface area contributed by atoms with Gasteiger partial charge in [-0.15, -0.1) is 0 Å². The molecule has 2 heterocycles. The SMILES string of the molecule is Cc1ccc(C(O)Cc2ccnc(N)c2)nc1. The summed E-state index contributed by atoms with van der Waals surface area (Å²) < 4.78 is 0. The topological polar surface area (TPSA) is 72.0 Å². The van der Waals surface area contributed by atoms with Crippen molar-refractivity contribution in [1.82, 2.24) is 9.97 Å². The Hall–Kier alpha value is -1.94. The Bertz CT molecular complexity index is 496. The number of aliphatic hydroxyl groups is 1. The predicted molar refractivity (Wildman–Crippen MR) is 66.3 cm³/mol. The molecule has 0 radical (unpaired) electrons. The minimum atomic E-state index is -0.614. The van der Waals surface area contributed by atoms with E-state index in [0.717, 1.165) is 11.1 Å². The number of nitrogens with two attached hydrogens (primary N) is 1. The fraction of sp³-hybridized carbons (Fsp3) is 0.231. The summed E-state index contributed by atoms with van der Waals surface area (Å²) in [4.78, 5) is 8.11. The lowest BCUT2D eigenvalue weighted by Crippen LogP contribution is -2.04. The molecule has 3 N–H and O–H groups in total. The van der Waals surface area contributed by atoms with Gasteiger partial charge in [0.25, 0.3) is 0 Å². The summed E-state index contributed by atoms with van der Waals surface area (Å²) in [7, 11) is 0. The molecule has 0 bridgehead atoms. The molecular formula is C13H15N3O. The molecule has 0 saturated carbocycles. The molecule has 0 aliphatic carbocycles.